The van der Waals surface area contributed by atoms with Crippen molar-refractivity contribution in [2.75, 3.05) is 0 Å². The lowest BCUT2D eigenvalue weighted by molar-refractivity contribution is 0.445. The van der Waals surface area contributed by atoms with E-state index < -0.39 is 0 Å². The van der Waals surface area contributed by atoms with Gasteiger partial charge in [-0.15, -0.1) is 0 Å². The fourth-order valence-electron chi connectivity index (χ4n) is 1.97. The molecule has 1 saturated carbocycles. The summed E-state index contributed by atoms with van der Waals surface area (Å²) in [5.74, 6) is 7.24. The van der Waals surface area contributed by atoms with Gasteiger partial charge in [0.25, 0.3) is 0 Å². The summed E-state index contributed by atoms with van der Waals surface area (Å²) in [7, 11) is 0. The maximum absolute atomic E-state index is 3.69. The summed E-state index contributed by atoms with van der Waals surface area (Å²) in [5, 5.41) is 0. The van der Waals surface area contributed by atoms with Gasteiger partial charge in [0.05, 0.1) is 0 Å². The highest BCUT2D eigenvalue weighted by atomic mass is 79.9. The Morgan fingerprint density at radius 1 is 1.13 bits per heavy atom. The van der Waals surface area contributed by atoms with E-state index in [-0.39, 0.29) is 0 Å². The van der Waals surface area contributed by atoms with E-state index in [1.54, 1.807) is 0 Å². The van der Waals surface area contributed by atoms with Crippen LogP contribution in [0, 0.1) is 17.8 Å². The van der Waals surface area contributed by atoms with Crippen molar-refractivity contribution in [2.24, 2.45) is 5.92 Å². The van der Waals surface area contributed by atoms with Gasteiger partial charge in [-0.05, 0) is 31.4 Å². The molecule has 1 aliphatic carbocycles. The molecule has 0 N–H and O–H groups in total. The second-order valence-electron chi connectivity index (χ2n) is 4.10. The molecule has 1 aliphatic rings. The lowest BCUT2D eigenvalue weighted by Crippen LogP contribution is -2.13. The van der Waals surface area contributed by atoms with Crippen LogP contribution in [0.15, 0.2) is 30.3 Å². The van der Waals surface area contributed by atoms with E-state index in [9.17, 15) is 0 Å². The van der Waals surface area contributed by atoms with Gasteiger partial charge >= 0.3 is 0 Å². The Bertz CT molecular complexity index is 358. The van der Waals surface area contributed by atoms with Gasteiger partial charge in [0, 0.05) is 16.3 Å². The van der Waals surface area contributed by atoms with Crippen molar-refractivity contribution in [1.29, 1.82) is 0 Å². The molecule has 78 valence electrons. The molecule has 0 amide bonds. The molecule has 0 bridgehead atoms. The molecule has 1 aromatic rings. The number of benzene rings is 1. The average Bonchev–Trinajstić information content (AvgIpc) is 2.28. The highest BCUT2D eigenvalue weighted by Crippen LogP contribution is 2.28. The van der Waals surface area contributed by atoms with Crippen molar-refractivity contribution in [2.45, 2.75) is 30.5 Å². The van der Waals surface area contributed by atoms with Crippen molar-refractivity contribution < 1.29 is 0 Å². The van der Waals surface area contributed by atoms with Crippen LogP contribution in [-0.2, 0) is 0 Å². The lowest BCUT2D eigenvalue weighted by Gasteiger charge is -2.21. The van der Waals surface area contributed by atoms with Gasteiger partial charge < -0.3 is 0 Å². The van der Waals surface area contributed by atoms with Crippen LogP contribution in [0.5, 0.6) is 0 Å². The highest BCUT2D eigenvalue weighted by molar-refractivity contribution is 9.09. The maximum Gasteiger partial charge on any atom is 0.0245 e. The zero-order valence-corrected chi connectivity index (χ0v) is 10.3. The first-order valence-corrected chi connectivity index (χ1v) is 6.47. The molecule has 15 heavy (non-hydrogen) atoms. The molecular formula is C14H15Br. The highest BCUT2D eigenvalue weighted by Gasteiger charge is 2.17. The molecule has 0 nitrogen and oxygen atoms in total. The first kappa shape index (κ1) is 10.8. The molecule has 0 saturated heterocycles. The molecule has 2 rings (SSSR count). The summed E-state index contributed by atoms with van der Waals surface area (Å²) >= 11 is 3.69. The standard InChI is InChI=1S/C14H15Br/c15-14-8-4-7-13(11-14)10-9-12-5-2-1-3-6-12/h1-3,5-6,13-14H,4,7-8,11H2/t13-,14?/m0/s1. The fraction of sp³-hybridized carbons (Fsp3) is 0.429. The summed E-state index contributed by atoms with van der Waals surface area (Å²) in [6, 6.07) is 10.2. The zero-order chi connectivity index (χ0) is 10.5. The van der Waals surface area contributed by atoms with Crippen LogP contribution < -0.4 is 0 Å². The van der Waals surface area contributed by atoms with Crippen LogP contribution in [0.2, 0.25) is 0 Å². The van der Waals surface area contributed by atoms with Gasteiger partial charge in [-0.3, -0.25) is 0 Å². The summed E-state index contributed by atoms with van der Waals surface area (Å²) < 4.78 is 0. The topological polar surface area (TPSA) is 0 Å². The van der Waals surface area contributed by atoms with E-state index in [0.29, 0.717) is 10.7 Å². The van der Waals surface area contributed by atoms with E-state index in [1.165, 1.54) is 25.7 Å². The van der Waals surface area contributed by atoms with Crippen molar-refractivity contribution in [3.8, 4) is 11.8 Å². The molecule has 2 atom stereocenters. The Labute approximate surface area is 100 Å². The summed E-state index contributed by atoms with van der Waals surface area (Å²) in [4.78, 5) is 0.682. The van der Waals surface area contributed by atoms with Gasteiger partial charge in [0.2, 0.25) is 0 Å². The Kier molecular flexibility index (Phi) is 3.86. The molecule has 0 heterocycles. The molecule has 0 aromatic heterocycles. The largest absolute Gasteiger partial charge is 0.0944 e. The second kappa shape index (κ2) is 5.37. The van der Waals surface area contributed by atoms with Crippen LogP contribution in [0.3, 0.4) is 0 Å². The number of halogens is 1. The third-order valence-corrected chi connectivity index (χ3v) is 3.64. The fourth-order valence-corrected chi connectivity index (χ4v) is 2.74. The van der Waals surface area contributed by atoms with E-state index in [1.807, 2.05) is 18.2 Å². The SMILES string of the molecule is BrC1CCC[C@@H](C#Cc2ccccc2)C1. The monoisotopic (exact) mass is 262 g/mol. The quantitative estimate of drug-likeness (QED) is 0.490. The van der Waals surface area contributed by atoms with Crippen LogP contribution in [0.25, 0.3) is 0 Å². The molecular weight excluding hydrogens is 248 g/mol. The zero-order valence-electron chi connectivity index (χ0n) is 8.75. The van der Waals surface area contributed by atoms with Crippen molar-refractivity contribution >= 4 is 15.9 Å². The molecule has 0 aliphatic heterocycles. The Hall–Kier alpha value is -0.740. The molecule has 1 fully saturated rings. The third kappa shape index (κ3) is 3.39. The van der Waals surface area contributed by atoms with Gasteiger partial charge in [0.15, 0.2) is 0 Å². The van der Waals surface area contributed by atoms with E-state index >= 15 is 0 Å². The summed E-state index contributed by atoms with van der Waals surface area (Å²) in [6.45, 7) is 0. The number of hydrogen-bond donors (Lipinski definition) is 0. The minimum Gasteiger partial charge on any atom is -0.0944 e. The van der Waals surface area contributed by atoms with Crippen molar-refractivity contribution in [3.05, 3.63) is 35.9 Å². The number of hydrogen-bond acceptors (Lipinski definition) is 0. The predicted molar refractivity (Wildman–Crippen MR) is 68.0 cm³/mol. The third-order valence-electron chi connectivity index (χ3n) is 2.80. The van der Waals surface area contributed by atoms with E-state index in [4.69, 9.17) is 0 Å². The van der Waals surface area contributed by atoms with Crippen molar-refractivity contribution in [3.63, 3.8) is 0 Å². The first-order chi connectivity index (χ1) is 7.34. The van der Waals surface area contributed by atoms with Crippen molar-refractivity contribution in [1.82, 2.24) is 0 Å². The minimum absolute atomic E-state index is 0.586. The number of alkyl halides is 1. The van der Waals surface area contributed by atoms with Gasteiger partial charge in [0.1, 0.15) is 0 Å². The van der Waals surface area contributed by atoms with Crippen LogP contribution in [-0.4, -0.2) is 4.83 Å². The number of rotatable bonds is 0. The van der Waals surface area contributed by atoms with Gasteiger partial charge in [-0.2, -0.15) is 0 Å². The van der Waals surface area contributed by atoms with Gasteiger partial charge in [-0.25, -0.2) is 0 Å². The normalized spacial score (nSPS) is 25.4. The maximum atomic E-state index is 3.69. The van der Waals surface area contributed by atoms with Gasteiger partial charge in [-0.1, -0.05) is 52.4 Å². The van der Waals surface area contributed by atoms with Crippen LogP contribution in [0.4, 0.5) is 0 Å². The smallest absolute Gasteiger partial charge is 0.0245 e. The second-order valence-corrected chi connectivity index (χ2v) is 5.39. The van der Waals surface area contributed by atoms with E-state index in [2.05, 4.69) is 39.9 Å². The molecule has 0 radical (unpaired) electrons. The van der Waals surface area contributed by atoms with Crippen LogP contribution >= 0.6 is 15.9 Å². The Morgan fingerprint density at radius 3 is 2.67 bits per heavy atom. The van der Waals surface area contributed by atoms with E-state index in [0.717, 1.165) is 5.56 Å². The van der Waals surface area contributed by atoms with Crippen LogP contribution in [0.1, 0.15) is 31.2 Å². The lowest BCUT2D eigenvalue weighted by atomic mass is 9.89. The summed E-state index contributed by atoms with van der Waals surface area (Å²) in [5.41, 5.74) is 1.13. The summed E-state index contributed by atoms with van der Waals surface area (Å²) in [6.07, 6.45) is 5.09. The minimum atomic E-state index is 0.586. The first-order valence-electron chi connectivity index (χ1n) is 5.55. The Morgan fingerprint density at radius 2 is 1.93 bits per heavy atom. The predicted octanol–water partition coefficient (Wildman–Crippen LogP) is 3.99. The molecule has 0 spiro atoms. The Balaban J connectivity index is 1.99. The molecule has 1 heteroatoms. The molecule has 1 aromatic carbocycles. The average molecular weight is 263 g/mol. The molecule has 1 unspecified atom stereocenters.